The fraction of sp³-hybridized carbons (Fsp3) is 1.00. The largest absolute Gasteiger partial charge is 1.00 e. The molecule has 0 unspecified atom stereocenters. The summed E-state index contributed by atoms with van der Waals surface area (Å²) in [6, 6.07) is 0. The summed E-state index contributed by atoms with van der Waals surface area (Å²) in [6.45, 7) is 7.28. The first-order valence-electron chi connectivity index (χ1n) is 7.23. The zero-order chi connectivity index (χ0) is 11.2. The minimum absolute atomic E-state index is 0. The molecule has 100 valence electrons. The molecular formula is C14H32ClN. The fourth-order valence-corrected chi connectivity index (χ4v) is 1.93. The van der Waals surface area contributed by atoms with Crippen LogP contribution in [0.15, 0.2) is 0 Å². The Bertz CT molecular complexity index is 94.9. The molecule has 0 heterocycles. The molecule has 0 spiro atoms. The van der Waals surface area contributed by atoms with Gasteiger partial charge in [0.1, 0.15) is 0 Å². The summed E-state index contributed by atoms with van der Waals surface area (Å²) in [5.74, 6) is 0. The second-order valence-corrected chi connectivity index (χ2v) is 4.69. The van der Waals surface area contributed by atoms with Crippen molar-refractivity contribution in [2.24, 2.45) is 0 Å². The molecule has 0 aromatic carbocycles. The van der Waals surface area contributed by atoms with Crippen LogP contribution < -0.4 is 17.7 Å². The molecule has 16 heavy (non-hydrogen) atoms. The van der Waals surface area contributed by atoms with Crippen molar-refractivity contribution < 1.29 is 17.7 Å². The smallest absolute Gasteiger partial charge is 0.0755 e. The van der Waals surface area contributed by atoms with E-state index in [0.717, 1.165) is 0 Å². The molecule has 0 aliphatic carbocycles. The van der Waals surface area contributed by atoms with Gasteiger partial charge in [-0.05, 0) is 25.7 Å². The third-order valence-electron chi connectivity index (χ3n) is 3.02. The number of hydrogen-bond acceptors (Lipinski definition) is 0. The molecule has 0 rings (SSSR count). The van der Waals surface area contributed by atoms with Crippen LogP contribution in [0.4, 0.5) is 0 Å². The molecule has 2 N–H and O–H groups in total. The molecule has 0 aliphatic rings. The van der Waals surface area contributed by atoms with Gasteiger partial charge in [-0.3, -0.25) is 0 Å². The van der Waals surface area contributed by atoms with Crippen molar-refractivity contribution in [3.8, 4) is 0 Å². The van der Waals surface area contributed by atoms with E-state index in [0.29, 0.717) is 0 Å². The third kappa shape index (κ3) is 16.7. The molecule has 0 amide bonds. The Morgan fingerprint density at radius 2 is 0.938 bits per heavy atom. The predicted molar refractivity (Wildman–Crippen MR) is 69.2 cm³/mol. The molecule has 0 aliphatic heterocycles. The Kier molecular flexibility index (Phi) is 20.5. The van der Waals surface area contributed by atoms with Crippen LogP contribution in [0, 0.1) is 0 Å². The molecule has 0 atom stereocenters. The van der Waals surface area contributed by atoms with E-state index >= 15 is 0 Å². The van der Waals surface area contributed by atoms with Gasteiger partial charge >= 0.3 is 0 Å². The van der Waals surface area contributed by atoms with Crippen LogP contribution in [0.5, 0.6) is 0 Å². The summed E-state index contributed by atoms with van der Waals surface area (Å²) in [6.07, 6.45) is 14.2. The zero-order valence-corrected chi connectivity index (χ0v) is 12.2. The van der Waals surface area contributed by atoms with Crippen LogP contribution in [-0.4, -0.2) is 13.1 Å². The first-order chi connectivity index (χ1) is 7.41. The number of unbranched alkanes of at least 4 members (excludes halogenated alkanes) is 8. The lowest BCUT2D eigenvalue weighted by Gasteiger charge is -2.02. The van der Waals surface area contributed by atoms with Gasteiger partial charge in [0.05, 0.1) is 13.1 Å². The second kappa shape index (κ2) is 17.6. The summed E-state index contributed by atoms with van der Waals surface area (Å²) in [5.41, 5.74) is 0. The topological polar surface area (TPSA) is 16.6 Å². The number of quaternary nitrogens is 1. The Hall–Kier alpha value is 0.250. The molecular weight excluding hydrogens is 218 g/mol. The van der Waals surface area contributed by atoms with Gasteiger partial charge in [0.25, 0.3) is 0 Å². The van der Waals surface area contributed by atoms with E-state index in [1.807, 2.05) is 0 Å². The fourth-order valence-electron chi connectivity index (χ4n) is 1.93. The van der Waals surface area contributed by atoms with Gasteiger partial charge in [-0.2, -0.15) is 0 Å². The molecule has 2 heteroatoms. The second-order valence-electron chi connectivity index (χ2n) is 4.69. The van der Waals surface area contributed by atoms with E-state index in [9.17, 15) is 0 Å². The first kappa shape index (κ1) is 18.6. The number of rotatable bonds is 12. The van der Waals surface area contributed by atoms with Gasteiger partial charge < -0.3 is 17.7 Å². The van der Waals surface area contributed by atoms with Crippen LogP contribution in [0.2, 0.25) is 0 Å². The Morgan fingerprint density at radius 1 is 0.562 bits per heavy atom. The summed E-state index contributed by atoms with van der Waals surface area (Å²) in [5, 5.41) is 2.51. The van der Waals surface area contributed by atoms with E-state index in [2.05, 4.69) is 19.2 Å². The van der Waals surface area contributed by atoms with E-state index in [1.165, 1.54) is 77.3 Å². The van der Waals surface area contributed by atoms with Crippen LogP contribution in [0.25, 0.3) is 0 Å². The monoisotopic (exact) mass is 249 g/mol. The van der Waals surface area contributed by atoms with Gasteiger partial charge in [0, 0.05) is 0 Å². The van der Waals surface area contributed by atoms with Crippen LogP contribution in [-0.2, 0) is 0 Å². The highest BCUT2D eigenvalue weighted by molar-refractivity contribution is 4.42. The Balaban J connectivity index is 0. The highest BCUT2D eigenvalue weighted by Gasteiger charge is 1.93. The van der Waals surface area contributed by atoms with Gasteiger partial charge in [-0.15, -0.1) is 0 Å². The first-order valence-corrected chi connectivity index (χ1v) is 7.23. The quantitative estimate of drug-likeness (QED) is 0.485. The van der Waals surface area contributed by atoms with Crippen molar-refractivity contribution in [1.82, 2.24) is 0 Å². The summed E-state index contributed by atoms with van der Waals surface area (Å²) >= 11 is 0. The molecule has 0 aromatic rings. The van der Waals surface area contributed by atoms with Crippen molar-refractivity contribution >= 4 is 0 Å². The molecule has 0 bridgehead atoms. The maximum Gasteiger partial charge on any atom is 0.0755 e. The standard InChI is InChI=1S/C14H31N.ClH/c1-3-5-7-9-10-12-14-15-13-11-8-6-4-2;/h15H,3-14H2,1-2H3;1H. The minimum atomic E-state index is 0. The van der Waals surface area contributed by atoms with Crippen molar-refractivity contribution in [3.05, 3.63) is 0 Å². The maximum absolute atomic E-state index is 2.51. The minimum Gasteiger partial charge on any atom is -1.00 e. The highest BCUT2D eigenvalue weighted by atomic mass is 35.5. The highest BCUT2D eigenvalue weighted by Crippen LogP contribution is 2.03. The van der Waals surface area contributed by atoms with Crippen molar-refractivity contribution in [2.75, 3.05) is 13.1 Å². The van der Waals surface area contributed by atoms with E-state index < -0.39 is 0 Å². The lowest BCUT2D eigenvalue weighted by Crippen LogP contribution is -3.00. The van der Waals surface area contributed by atoms with Crippen molar-refractivity contribution in [3.63, 3.8) is 0 Å². The number of halogens is 1. The van der Waals surface area contributed by atoms with E-state index in [-0.39, 0.29) is 12.4 Å². The Morgan fingerprint density at radius 3 is 1.44 bits per heavy atom. The van der Waals surface area contributed by atoms with Gasteiger partial charge in [-0.1, -0.05) is 52.4 Å². The SMILES string of the molecule is CCCCCCCC[NH2+]CCCCCC.[Cl-]. The molecule has 0 saturated carbocycles. The van der Waals surface area contributed by atoms with E-state index in [1.54, 1.807) is 0 Å². The van der Waals surface area contributed by atoms with Crippen LogP contribution >= 0.6 is 0 Å². The molecule has 0 saturated heterocycles. The predicted octanol–water partition coefficient (Wildman–Crippen LogP) is 0.495. The average molecular weight is 250 g/mol. The van der Waals surface area contributed by atoms with Gasteiger partial charge in [-0.25, -0.2) is 0 Å². The Labute approximate surface area is 109 Å². The third-order valence-corrected chi connectivity index (χ3v) is 3.02. The molecule has 0 radical (unpaired) electrons. The van der Waals surface area contributed by atoms with Crippen LogP contribution in [0.3, 0.4) is 0 Å². The zero-order valence-electron chi connectivity index (χ0n) is 11.4. The maximum atomic E-state index is 2.51. The number of hydrogen-bond donors (Lipinski definition) is 1. The molecule has 0 fully saturated rings. The summed E-state index contributed by atoms with van der Waals surface area (Å²) in [7, 11) is 0. The van der Waals surface area contributed by atoms with Gasteiger partial charge in [0.15, 0.2) is 0 Å². The normalized spacial score (nSPS) is 10.1. The van der Waals surface area contributed by atoms with Crippen molar-refractivity contribution in [2.45, 2.75) is 78.1 Å². The lowest BCUT2D eigenvalue weighted by molar-refractivity contribution is -0.655. The average Bonchev–Trinajstić information content (AvgIpc) is 2.26. The van der Waals surface area contributed by atoms with E-state index in [4.69, 9.17) is 0 Å². The van der Waals surface area contributed by atoms with Crippen LogP contribution in [0.1, 0.15) is 78.1 Å². The summed E-state index contributed by atoms with van der Waals surface area (Å²) in [4.78, 5) is 0. The molecule has 1 nitrogen and oxygen atoms in total. The summed E-state index contributed by atoms with van der Waals surface area (Å²) < 4.78 is 0. The number of nitrogens with two attached hydrogens (primary N) is 1. The molecule has 0 aromatic heterocycles. The van der Waals surface area contributed by atoms with Crippen molar-refractivity contribution in [1.29, 1.82) is 0 Å². The van der Waals surface area contributed by atoms with Gasteiger partial charge in [0.2, 0.25) is 0 Å². The lowest BCUT2D eigenvalue weighted by atomic mass is 10.1.